The molecular formula is C28H26N2O9. The molecule has 2 aromatic carbocycles. The first-order valence-corrected chi connectivity index (χ1v) is 11.8. The Kier molecular flexibility index (Phi) is 8.30. The predicted octanol–water partition coefficient (Wildman–Crippen LogP) is 4.47. The average Bonchev–Trinajstić information content (AvgIpc) is 3.61. The smallest absolute Gasteiger partial charge is 0.373 e. The first-order valence-electron chi connectivity index (χ1n) is 11.8. The fraction of sp³-hybridized carbons (Fsp3) is 0.214. The number of para-hydroxylation sites is 1. The second-order valence-corrected chi connectivity index (χ2v) is 7.94. The molecule has 0 bridgehead atoms. The van der Waals surface area contributed by atoms with E-state index in [1.807, 2.05) is 13.0 Å². The van der Waals surface area contributed by atoms with E-state index in [-0.39, 0.29) is 29.3 Å². The van der Waals surface area contributed by atoms with Gasteiger partial charge in [-0.1, -0.05) is 18.2 Å². The van der Waals surface area contributed by atoms with E-state index in [2.05, 4.69) is 9.84 Å². The zero-order valence-corrected chi connectivity index (χ0v) is 21.8. The highest BCUT2D eigenvalue weighted by atomic mass is 16.5. The minimum atomic E-state index is -0.759. The summed E-state index contributed by atoms with van der Waals surface area (Å²) >= 11 is 0. The van der Waals surface area contributed by atoms with E-state index in [4.69, 9.17) is 23.4 Å². The Morgan fingerprint density at radius 1 is 0.821 bits per heavy atom. The summed E-state index contributed by atoms with van der Waals surface area (Å²) in [4.78, 5) is 37.4. The van der Waals surface area contributed by atoms with Gasteiger partial charge in [-0.05, 0) is 49.4 Å². The van der Waals surface area contributed by atoms with Gasteiger partial charge in [0, 0.05) is 5.56 Å². The van der Waals surface area contributed by atoms with Crippen molar-refractivity contribution in [2.45, 2.75) is 13.5 Å². The van der Waals surface area contributed by atoms with Crippen LogP contribution >= 0.6 is 0 Å². The van der Waals surface area contributed by atoms with Crippen molar-refractivity contribution in [2.24, 2.45) is 0 Å². The molecule has 11 nitrogen and oxygen atoms in total. The Bertz CT molecular complexity index is 1490. The van der Waals surface area contributed by atoms with E-state index in [9.17, 15) is 14.4 Å². The van der Waals surface area contributed by atoms with E-state index in [1.54, 1.807) is 48.5 Å². The first kappa shape index (κ1) is 27.0. The fourth-order valence-corrected chi connectivity index (χ4v) is 3.81. The molecule has 0 amide bonds. The van der Waals surface area contributed by atoms with E-state index in [0.29, 0.717) is 35.1 Å². The van der Waals surface area contributed by atoms with Crippen LogP contribution in [-0.2, 0) is 20.8 Å². The quantitative estimate of drug-likeness (QED) is 0.212. The lowest BCUT2D eigenvalue weighted by molar-refractivity contribution is 0.0549. The number of nitrogens with zero attached hydrogens (tertiary/aromatic N) is 2. The van der Waals surface area contributed by atoms with Gasteiger partial charge in [0.2, 0.25) is 5.76 Å². The molecule has 0 radical (unpaired) electrons. The molecule has 0 saturated carbocycles. The third-order valence-electron chi connectivity index (χ3n) is 5.59. The number of hydrogen-bond donors (Lipinski definition) is 0. The SMILES string of the molecule is CCOc1cc(-c2nn(-c3ccccc3)c(C(=O)OC)c2C(=O)OC)ccc1OCc1ccc(C(=O)OC)o1. The Hall–Kier alpha value is -5.06. The van der Waals surface area contributed by atoms with Crippen LogP contribution in [0.15, 0.2) is 65.1 Å². The number of ether oxygens (including phenoxy) is 5. The number of hydrogen-bond acceptors (Lipinski definition) is 10. The van der Waals surface area contributed by atoms with Crippen molar-refractivity contribution in [1.29, 1.82) is 0 Å². The molecule has 2 aromatic heterocycles. The van der Waals surface area contributed by atoms with Crippen LogP contribution in [0.4, 0.5) is 0 Å². The van der Waals surface area contributed by atoms with E-state index < -0.39 is 17.9 Å². The van der Waals surface area contributed by atoms with Gasteiger partial charge in [-0.2, -0.15) is 5.10 Å². The molecular weight excluding hydrogens is 508 g/mol. The van der Waals surface area contributed by atoms with Gasteiger partial charge >= 0.3 is 17.9 Å². The highest BCUT2D eigenvalue weighted by Crippen LogP contribution is 2.36. The molecule has 0 saturated heterocycles. The normalized spacial score (nSPS) is 10.6. The Balaban J connectivity index is 1.76. The number of rotatable bonds is 10. The van der Waals surface area contributed by atoms with E-state index >= 15 is 0 Å². The number of furan rings is 1. The zero-order chi connectivity index (χ0) is 27.9. The predicted molar refractivity (Wildman–Crippen MR) is 137 cm³/mol. The number of aromatic nitrogens is 2. The highest BCUT2D eigenvalue weighted by Gasteiger charge is 2.31. The van der Waals surface area contributed by atoms with Crippen molar-refractivity contribution >= 4 is 17.9 Å². The van der Waals surface area contributed by atoms with Crippen molar-refractivity contribution < 1.29 is 42.5 Å². The molecule has 0 fully saturated rings. The topological polar surface area (TPSA) is 128 Å². The lowest BCUT2D eigenvalue weighted by atomic mass is 10.0. The summed E-state index contributed by atoms with van der Waals surface area (Å²) in [6.07, 6.45) is 0. The van der Waals surface area contributed by atoms with E-state index in [1.165, 1.54) is 32.1 Å². The van der Waals surface area contributed by atoms with Gasteiger partial charge in [-0.15, -0.1) is 0 Å². The summed E-state index contributed by atoms with van der Waals surface area (Å²) in [5.41, 5.74) is 1.06. The maximum atomic E-state index is 12.9. The summed E-state index contributed by atoms with van der Waals surface area (Å²) in [6.45, 7) is 2.15. The molecule has 0 aliphatic carbocycles. The van der Waals surface area contributed by atoms with Gasteiger partial charge in [0.1, 0.15) is 23.6 Å². The van der Waals surface area contributed by atoms with Gasteiger partial charge in [0.25, 0.3) is 0 Å². The molecule has 4 rings (SSSR count). The molecule has 202 valence electrons. The molecule has 0 aliphatic rings. The summed E-state index contributed by atoms with van der Waals surface area (Å²) in [5.74, 6) is -0.908. The van der Waals surface area contributed by atoms with Crippen LogP contribution in [0, 0.1) is 0 Å². The standard InChI is InChI=1S/C28H26N2O9/c1-5-37-22-15-17(11-13-20(22)38-16-19-12-14-21(39-19)26(31)34-2)24-23(27(32)35-3)25(28(33)36-4)30(29-24)18-9-7-6-8-10-18/h6-15H,5,16H2,1-4H3. The molecule has 0 atom stereocenters. The number of esters is 3. The maximum Gasteiger partial charge on any atom is 0.373 e. The minimum Gasteiger partial charge on any atom is -0.490 e. The van der Waals surface area contributed by atoms with Crippen LogP contribution in [0.2, 0.25) is 0 Å². The lowest BCUT2D eigenvalue weighted by Gasteiger charge is -2.13. The van der Waals surface area contributed by atoms with Crippen molar-refractivity contribution in [1.82, 2.24) is 9.78 Å². The molecule has 4 aromatic rings. The van der Waals surface area contributed by atoms with Gasteiger partial charge in [-0.25, -0.2) is 19.1 Å². The average molecular weight is 535 g/mol. The summed E-state index contributed by atoms with van der Waals surface area (Å²) in [6, 6.07) is 16.9. The second kappa shape index (κ2) is 12.0. The summed E-state index contributed by atoms with van der Waals surface area (Å²) in [7, 11) is 3.70. The van der Waals surface area contributed by atoms with Crippen LogP contribution < -0.4 is 9.47 Å². The number of carbonyl (C=O) groups is 3. The monoisotopic (exact) mass is 534 g/mol. The van der Waals surface area contributed by atoms with Crippen molar-refractivity contribution in [3.63, 3.8) is 0 Å². The Morgan fingerprint density at radius 3 is 2.21 bits per heavy atom. The van der Waals surface area contributed by atoms with E-state index in [0.717, 1.165) is 0 Å². The molecule has 0 aliphatic heterocycles. The highest BCUT2D eigenvalue weighted by molar-refractivity contribution is 6.07. The Labute approximate surface area is 223 Å². The van der Waals surface area contributed by atoms with Gasteiger partial charge in [0.15, 0.2) is 17.2 Å². The third kappa shape index (κ3) is 5.61. The van der Waals surface area contributed by atoms with Crippen molar-refractivity contribution in [3.05, 3.63) is 83.4 Å². The number of carbonyl (C=O) groups excluding carboxylic acids is 3. The molecule has 0 N–H and O–H groups in total. The molecule has 0 spiro atoms. The molecule has 2 heterocycles. The number of methoxy groups -OCH3 is 3. The maximum absolute atomic E-state index is 12.9. The minimum absolute atomic E-state index is 0.0128. The summed E-state index contributed by atoms with van der Waals surface area (Å²) in [5, 5.41) is 4.60. The van der Waals surface area contributed by atoms with Crippen molar-refractivity contribution in [2.75, 3.05) is 27.9 Å². The Morgan fingerprint density at radius 2 is 1.54 bits per heavy atom. The lowest BCUT2D eigenvalue weighted by Crippen LogP contribution is -2.15. The number of benzene rings is 2. The van der Waals surface area contributed by atoms with Crippen molar-refractivity contribution in [3.8, 4) is 28.4 Å². The van der Waals surface area contributed by atoms with Gasteiger partial charge < -0.3 is 28.1 Å². The fourth-order valence-electron chi connectivity index (χ4n) is 3.81. The largest absolute Gasteiger partial charge is 0.490 e. The van der Waals surface area contributed by atoms with Crippen LogP contribution in [0.5, 0.6) is 11.5 Å². The second-order valence-electron chi connectivity index (χ2n) is 7.94. The van der Waals surface area contributed by atoms with Crippen LogP contribution in [-0.4, -0.2) is 55.6 Å². The van der Waals surface area contributed by atoms with Crippen LogP contribution in [0.3, 0.4) is 0 Å². The molecule has 39 heavy (non-hydrogen) atoms. The third-order valence-corrected chi connectivity index (χ3v) is 5.59. The van der Waals surface area contributed by atoms with Gasteiger partial charge in [0.05, 0.1) is 33.6 Å². The molecule has 11 heteroatoms. The molecule has 0 unspecified atom stereocenters. The summed E-state index contributed by atoms with van der Waals surface area (Å²) < 4.78 is 33.1. The van der Waals surface area contributed by atoms with Crippen LogP contribution in [0.25, 0.3) is 16.9 Å². The van der Waals surface area contributed by atoms with Gasteiger partial charge in [-0.3, -0.25) is 0 Å². The zero-order valence-electron chi connectivity index (χ0n) is 21.8. The van der Waals surface area contributed by atoms with Crippen LogP contribution in [0.1, 0.15) is 44.1 Å². The first-order chi connectivity index (χ1) is 18.9.